The molecule has 1 atom stereocenters. The number of hydrogen-bond acceptors (Lipinski definition) is 2. The minimum Gasteiger partial charge on any atom is -0.334 e. The van der Waals surface area contributed by atoms with Crippen LogP contribution in [0.1, 0.15) is 35.2 Å². The maximum absolute atomic E-state index is 12.5. The van der Waals surface area contributed by atoms with Crippen LogP contribution in [0.2, 0.25) is 5.02 Å². The van der Waals surface area contributed by atoms with Crippen LogP contribution in [0.5, 0.6) is 0 Å². The summed E-state index contributed by atoms with van der Waals surface area (Å²) in [5.41, 5.74) is 7.28. The Morgan fingerprint density at radius 2 is 2.28 bits per heavy atom. The lowest BCUT2D eigenvalue weighted by molar-refractivity contribution is 0.0623. The Morgan fingerprint density at radius 3 is 3.00 bits per heavy atom. The number of piperidine rings is 1. The van der Waals surface area contributed by atoms with Gasteiger partial charge in [0, 0.05) is 19.1 Å². The predicted octanol–water partition coefficient (Wildman–Crippen LogP) is 2.60. The van der Waals surface area contributed by atoms with Gasteiger partial charge in [-0.25, -0.2) is 0 Å². The summed E-state index contributed by atoms with van der Waals surface area (Å²) in [7, 11) is 0. The number of halogens is 1. The van der Waals surface area contributed by atoms with Crippen LogP contribution < -0.4 is 5.73 Å². The third-order valence-electron chi connectivity index (χ3n) is 3.58. The Labute approximate surface area is 113 Å². The van der Waals surface area contributed by atoms with Crippen molar-refractivity contribution in [3.63, 3.8) is 0 Å². The molecule has 0 spiro atoms. The van der Waals surface area contributed by atoms with Crippen LogP contribution in [-0.2, 0) is 0 Å². The van der Waals surface area contributed by atoms with E-state index in [0.717, 1.165) is 31.4 Å². The van der Waals surface area contributed by atoms with Gasteiger partial charge < -0.3 is 10.6 Å². The molecule has 1 aromatic carbocycles. The molecule has 2 N–H and O–H groups in total. The van der Waals surface area contributed by atoms with E-state index < -0.39 is 0 Å². The molecule has 0 radical (unpaired) electrons. The largest absolute Gasteiger partial charge is 0.334 e. The van der Waals surface area contributed by atoms with Crippen molar-refractivity contribution in [3.8, 4) is 0 Å². The second-order valence-electron chi connectivity index (χ2n) is 4.82. The number of hydrogen-bond donors (Lipinski definition) is 1. The second-order valence-corrected chi connectivity index (χ2v) is 5.20. The number of nitrogens with two attached hydrogens (primary N) is 1. The number of aryl methyl sites for hydroxylation is 1. The topological polar surface area (TPSA) is 46.3 Å². The number of nitrogens with zero attached hydrogens (tertiary/aromatic N) is 1. The zero-order valence-electron chi connectivity index (χ0n) is 10.7. The molecule has 1 aliphatic rings. The quantitative estimate of drug-likeness (QED) is 0.894. The molecule has 1 amide bonds. The Balaban J connectivity index is 2.27. The molecule has 3 nitrogen and oxygen atoms in total. The number of amides is 1. The van der Waals surface area contributed by atoms with E-state index in [2.05, 4.69) is 0 Å². The molecule has 2 rings (SSSR count). The molecule has 1 unspecified atom stereocenters. The van der Waals surface area contributed by atoms with Crippen LogP contribution in [0.15, 0.2) is 18.2 Å². The molecule has 1 saturated heterocycles. The molecule has 0 aliphatic carbocycles. The van der Waals surface area contributed by atoms with Gasteiger partial charge in [0.2, 0.25) is 0 Å². The van der Waals surface area contributed by atoms with E-state index in [1.807, 2.05) is 24.0 Å². The third-order valence-corrected chi connectivity index (χ3v) is 4.08. The lowest BCUT2D eigenvalue weighted by Crippen LogP contribution is -2.47. The standard InChI is InChI=1S/C14H19ClN2O/c1-10-5-4-7-12(13(10)15)14(18)17-8-3-2-6-11(17)9-16/h4-5,7,11H,2-3,6,8-9,16H2,1H3. The molecule has 1 aliphatic heterocycles. The SMILES string of the molecule is Cc1cccc(C(=O)N2CCCCC2CN)c1Cl. The molecule has 18 heavy (non-hydrogen) atoms. The molecular formula is C14H19ClN2O. The highest BCUT2D eigenvalue weighted by atomic mass is 35.5. The number of benzene rings is 1. The molecular weight excluding hydrogens is 248 g/mol. The lowest BCUT2D eigenvalue weighted by Gasteiger charge is -2.35. The van der Waals surface area contributed by atoms with Crippen molar-refractivity contribution in [1.29, 1.82) is 0 Å². The van der Waals surface area contributed by atoms with Crippen molar-refractivity contribution < 1.29 is 4.79 Å². The van der Waals surface area contributed by atoms with Crippen molar-refractivity contribution in [2.24, 2.45) is 5.73 Å². The van der Waals surface area contributed by atoms with Gasteiger partial charge in [0.25, 0.3) is 5.91 Å². The average molecular weight is 267 g/mol. The van der Waals surface area contributed by atoms with Crippen LogP contribution in [0.25, 0.3) is 0 Å². The summed E-state index contributed by atoms with van der Waals surface area (Å²) in [6.45, 7) is 3.22. The average Bonchev–Trinajstić information content (AvgIpc) is 2.41. The zero-order valence-corrected chi connectivity index (χ0v) is 11.4. The first kappa shape index (κ1) is 13.4. The lowest BCUT2D eigenvalue weighted by atomic mass is 10.0. The van der Waals surface area contributed by atoms with Crippen LogP contribution in [-0.4, -0.2) is 29.9 Å². The highest BCUT2D eigenvalue weighted by Gasteiger charge is 2.27. The van der Waals surface area contributed by atoms with Gasteiger partial charge in [-0.05, 0) is 37.8 Å². The third kappa shape index (κ3) is 2.52. The molecule has 1 heterocycles. The summed E-state index contributed by atoms with van der Waals surface area (Å²) in [6, 6.07) is 5.73. The molecule has 0 bridgehead atoms. The van der Waals surface area contributed by atoms with Crippen molar-refractivity contribution in [3.05, 3.63) is 34.3 Å². The maximum Gasteiger partial charge on any atom is 0.255 e. The van der Waals surface area contributed by atoms with Gasteiger partial charge in [-0.15, -0.1) is 0 Å². The predicted molar refractivity (Wildman–Crippen MR) is 73.9 cm³/mol. The second kappa shape index (κ2) is 5.72. The van der Waals surface area contributed by atoms with Gasteiger partial charge in [0.15, 0.2) is 0 Å². The molecule has 98 valence electrons. The zero-order chi connectivity index (χ0) is 13.1. The summed E-state index contributed by atoms with van der Waals surface area (Å²) < 4.78 is 0. The Kier molecular flexibility index (Phi) is 4.25. The van der Waals surface area contributed by atoms with Gasteiger partial charge in [0.1, 0.15) is 0 Å². The fraction of sp³-hybridized carbons (Fsp3) is 0.500. The Morgan fingerprint density at radius 1 is 1.50 bits per heavy atom. The Hall–Kier alpha value is -1.06. The number of likely N-dealkylation sites (tertiary alicyclic amines) is 1. The van der Waals surface area contributed by atoms with Crippen LogP contribution in [0.4, 0.5) is 0 Å². The minimum atomic E-state index is 0.0128. The summed E-state index contributed by atoms with van der Waals surface area (Å²) in [5.74, 6) is 0.0128. The van der Waals surface area contributed by atoms with Crippen molar-refractivity contribution >= 4 is 17.5 Å². The van der Waals surface area contributed by atoms with Gasteiger partial charge in [-0.3, -0.25) is 4.79 Å². The normalized spacial score (nSPS) is 19.9. The number of rotatable bonds is 2. The summed E-state index contributed by atoms with van der Waals surface area (Å²) in [5, 5.41) is 0.559. The molecule has 0 aromatic heterocycles. The van der Waals surface area contributed by atoms with E-state index in [9.17, 15) is 4.79 Å². The molecule has 0 saturated carbocycles. The number of carbonyl (C=O) groups excluding carboxylic acids is 1. The minimum absolute atomic E-state index is 0.0128. The van der Waals surface area contributed by atoms with Crippen molar-refractivity contribution in [2.45, 2.75) is 32.2 Å². The molecule has 4 heteroatoms. The summed E-state index contributed by atoms with van der Waals surface area (Å²) in [6.07, 6.45) is 3.19. The smallest absolute Gasteiger partial charge is 0.255 e. The first-order valence-corrected chi connectivity index (χ1v) is 6.79. The van der Waals surface area contributed by atoms with Crippen LogP contribution in [0.3, 0.4) is 0 Å². The maximum atomic E-state index is 12.5. The van der Waals surface area contributed by atoms with E-state index in [1.54, 1.807) is 6.07 Å². The van der Waals surface area contributed by atoms with Gasteiger partial charge in [-0.2, -0.15) is 0 Å². The highest BCUT2D eigenvalue weighted by Crippen LogP contribution is 2.25. The van der Waals surface area contributed by atoms with Gasteiger partial charge in [-0.1, -0.05) is 23.7 Å². The monoisotopic (exact) mass is 266 g/mol. The highest BCUT2D eigenvalue weighted by molar-refractivity contribution is 6.34. The molecule has 1 aromatic rings. The van der Waals surface area contributed by atoms with E-state index in [-0.39, 0.29) is 11.9 Å². The first-order valence-electron chi connectivity index (χ1n) is 6.41. The Bertz CT molecular complexity index is 447. The van der Waals surface area contributed by atoms with E-state index >= 15 is 0 Å². The van der Waals surface area contributed by atoms with Crippen molar-refractivity contribution in [1.82, 2.24) is 4.90 Å². The summed E-state index contributed by atoms with van der Waals surface area (Å²) >= 11 is 6.22. The fourth-order valence-corrected chi connectivity index (χ4v) is 2.69. The van der Waals surface area contributed by atoms with Crippen LogP contribution in [0, 0.1) is 6.92 Å². The van der Waals surface area contributed by atoms with E-state index in [0.29, 0.717) is 17.1 Å². The summed E-state index contributed by atoms with van der Waals surface area (Å²) in [4.78, 5) is 14.4. The van der Waals surface area contributed by atoms with Gasteiger partial charge in [0.05, 0.1) is 10.6 Å². The first-order chi connectivity index (χ1) is 8.65. The molecule has 1 fully saturated rings. The van der Waals surface area contributed by atoms with E-state index in [1.165, 1.54) is 0 Å². The van der Waals surface area contributed by atoms with Crippen molar-refractivity contribution in [2.75, 3.05) is 13.1 Å². The van der Waals surface area contributed by atoms with Crippen LogP contribution >= 0.6 is 11.6 Å². The fourth-order valence-electron chi connectivity index (χ4n) is 2.48. The van der Waals surface area contributed by atoms with E-state index in [4.69, 9.17) is 17.3 Å². The number of carbonyl (C=O) groups is 1. The van der Waals surface area contributed by atoms with Gasteiger partial charge >= 0.3 is 0 Å².